The van der Waals surface area contributed by atoms with Crippen molar-refractivity contribution in [1.82, 2.24) is 19.4 Å². The predicted molar refractivity (Wildman–Crippen MR) is 94.2 cm³/mol. The second-order valence-corrected chi connectivity index (χ2v) is 5.68. The number of aliphatic hydroxyl groups is 1. The fraction of sp³-hybridized carbons (Fsp3) is 0.211. The Morgan fingerprint density at radius 2 is 1.80 bits per heavy atom. The molecule has 1 N–H and O–H groups in total. The molecule has 0 aliphatic carbocycles. The maximum atomic E-state index is 12.9. The predicted octanol–water partition coefficient (Wildman–Crippen LogP) is 2.29. The summed E-state index contributed by atoms with van der Waals surface area (Å²) in [6.45, 7) is 1.05. The van der Waals surface area contributed by atoms with Crippen molar-refractivity contribution in [2.24, 2.45) is 0 Å². The number of nitrogens with zero attached hydrogens (tertiary/aromatic N) is 4. The normalized spacial score (nSPS) is 10.6. The number of amides is 1. The van der Waals surface area contributed by atoms with E-state index in [-0.39, 0.29) is 12.5 Å². The zero-order chi connectivity index (χ0) is 17.5. The highest BCUT2D eigenvalue weighted by atomic mass is 16.3. The summed E-state index contributed by atoms with van der Waals surface area (Å²) in [5.41, 5.74) is 2.58. The van der Waals surface area contributed by atoms with Gasteiger partial charge in [0.1, 0.15) is 0 Å². The summed E-state index contributed by atoms with van der Waals surface area (Å²) in [5, 5.41) is 9.12. The van der Waals surface area contributed by atoms with E-state index in [1.807, 2.05) is 47.2 Å². The number of rotatable bonds is 7. The van der Waals surface area contributed by atoms with Crippen LogP contribution in [0.4, 0.5) is 0 Å². The second kappa shape index (κ2) is 8.21. The molecule has 3 rings (SSSR count). The fourth-order valence-electron chi connectivity index (χ4n) is 2.59. The number of imidazole rings is 1. The second-order valence-electron chi connectivity index (χ2n) is 5.68. The first-order chi connectivity index (χ1) is 12.3. The van der Waals surface area contributed by atoms with Gasteiger partial charge in [0.2, 0.25) is 0 Å². The standard InChI is InChI=1S/C19H20N4O2/c24-13-1-11-22(14-16-6-8-20-9-7-16)19(25)17-2-4-18(5-3-17)23-12-10-21-15-23/h2-10,12,15,24H,1,11,13-14H2. The third-order valence-corrected chi connectivity index (χ3v) is 3.91. The van der Waals surface area contributed by atoms with E-state index in [9.17, 15) is 4.79 Å². The number of hydrogen-bond donors (Lipinski definition) is 1. The lowest BCUT2D eigenvalue weighted by Crippen LogP contribution is -2.32. The Bertz CT molecular complexity index is 786. The third-order valence-electron chi connectivity index (χ3n) is 3.91. The molecule has 3 aromatic rings. The first-order valence-electron chi connectivity index (χ1n) is 8.15. The molecule has 128 valence electrons. The largest absolute Gasteiger partial charge is 0.396 e. The quantitative estimate of drug-likeness (QED) is 0.718. The molecule has 6 nitrogen and oxygen atoms in total. The number of carbonyl (C=O) groups excluding carboxylic acids is 1. The molecule has 0 saturated carbocycles. The van der Waals surface area contributed by atoms with Crippen LogP contribution in [-0.2, 0) is 6.54 Å². The van der Waals surface area contributed by atoms with Crippen LogP contribution >= 0.6 is 0 Å². The minimum absolute atomic E-state index is 0.0533. The summed E-state index contributed by atoms with van der Waals surface area (Å²) < 4.78 is 1.88. The van der Waals surface area contributed by atoms with Gasteiger partial charge in [0.05, 0.1) is 6.33 Å². The number of aromatic nitrogens is 3. The Balaban J connectivity index is 1.76. The molecule has 1 aromatic carbocycles. The van der Waals surface area contributed by atoms with Crippen molar-refractivity contribution in [3.05, 3.63) is 78.6 Å². The Kier molecular flexibility index (Phi) is 5.53. The van der Waals surface area contributed by atoms with E-state index in [1.165, 1.54) is 0 Å². The van der Waals surface area contributed by atoms with Gasteiger partial charge >= 0.3 is 0 Å². The lowest BCUT2D eigenvalue weighted by atomic mass is 10.1. The number of pyridine rings is 1. The molecule has 25 heavy (non-hydrogen) atoms. The molecule has 1 amide bonds. The average Bonchev–Trinajstić information content (AvgIpc) is 3.20. The molecule has 0 saturated heterocycles. The van der Waals surface area contributed by atoms with Crippen LogP contribution in [0.1, 0.15) is 22.3 Å². The number of carbonyl (C=O) groups is 1. The molecular formula is C19H20N4O2. The molecule has 2 heterocycles. The third kappa shape index (κ3) is 4.30. The molecule has 0 aliphatic heterocycles. The molecule has 0 unspecified atom stereocenters. The maximum Gasteiger partial charge on any atom is 0.254 e. The highest BCUT2D eigenvalue weighted by molar-refractivity contribution is 5.94. The first-order valence-corrected chi connectivity index (χ1v) is 8.15. The number of benzene rings is 1. The molecule has 0 aliphatic rings. The molecule has 0 atom stereocenters. The zero-order valence-electron chi connectivity index (χ0n) is 13.8. The molecule has 0 bridgehead atoms. The van der Waals surface area contributed by atoms with Crippen LogP contribution in [0.2, 0.25) is 0 Å². The topological polar surface area (TPSA) is 71.2 Å². The van der Waals surface area contributed by atoms with Gasteiger partial charge in [0, 0.05) is 55.7 Å². The van der Waals surface area contributed by atoms with Gasteiger partial charge in [0.25, 0.3) is 5.91 Å². The van der Waals surface area contributed by atoms with Gasteiger partial charge in [-0.05, 0) is 48.4 Å². The fourth-order valence-corrected chi connectivity index (χ4v) is 2.59. The van der Waals surface area contributed by atoms with E-state index < -0.39 is 0 Å². The zero-order valence-corrected chi connectivity index (χ0v) is 13.8. The van der Waals surface area contributed by atoms with Crippen molar-refractivity contribution in [2.45, 2.75) is 13.0 Å². The van der Waals surface area contributed by atoms with Crippen LogP contribution in [0.15, 0.2) is 67.5 Å². The minimum Gasteiger partial charge on any atom is -0.396 e. The van der Waals surface area contributed by atoms with Gasteiger partial charge in [-0.3, -0.25) is 9.78 Å². The molecule has 0 spiro atoms. The lowest BCUT2D eigenvalue weighted by molar-refractivity contribution is 0.0732. The van der Waals surface area contributed by atoms with Gasteiger partial charge in [-0.1, -0.05) is 0 Å². The lowest BCUT2D eigenvalue weighted by Gasteiger charge is -2.23. The van der Waals surface area contributed by atoms with Gasteiger partial charge in [-0.25, -0.2) is 4.98 Å². The first kappa shape index (κ1) is 16.9. The molecule has 0 fully saturated rings. The van der Waals surface area contributed by atoms with Crippen molar-refractivity contribution in [2.75, 3.05) is 13.2 Å². The molecule has 2 aromatic heterocycles. The highest BCUT2D eigenvalue weighted by Crippen LogP contribution is 2.14. The van der Waals surface area contributed by atoms with Crippen LogP contribution in [0.3, 0.4) is 0 Å². The van der Waals surface area contributed by atoms with E-state index in [4.69, 9.17) is 5.11 Å². The molecule has 0 radical (unpaired) electrons. The minimum atomic E-state index is -0.0533. The Morgan fingerprint density at radius 3 is 2.44 bits per heavy atom. The summed E-state index contributed by atoms with van der Waals surface area (Å²) >= 11 is 0. The van der Waals surface area contributed by atoms with Crippen molar-refractivity contribution in [3.63, 3.8) is 0 Å². The van der Waals surface area contributed by atoms with E-state index in [2.05, 4.69) is 9.97 Å². The maximum absolute atomic E-state index is 12.9. The number of aliphatic hydroxyl groups excluding tert-OH is 1. The summed E-state index contributed by atoms with van der Waals surface area (Å²) in [4.78, 5) is 22.6. The van der Waals surface area contributed by atoms with E-state index in [1.54, 1.807) is 29.8 Å². The SMILES string of the molecule is O=C(c1ccc(-n2ccnc2)cc1)N(CCCO)Cc1ccncc1. The average molecular weight is 336 g/mol. The van der Waals surface area contributed by atoms with Crippen molar-refractivity contribution in [3.8, 4) is 5.69 Å². The van der Waals surface area contributed by atoms with Gasteiger partial charge in [0.15, 0.2) is 0 Å². The Hall–Kier alpha value is -2.99. The van der Waals surface area contributed by atoms with Crippen LogP contribution in [-0.4, -0.2) is 43.6 Å². The molecule has 6 heteroatoms. The number of hydrogen-bond acceptors (Lipinski definition) is 4. The Morgan fingerprint density at radius 1 is 1.04 bits per heavy atom. The van der Waals surface area contributed by atoms with Crippen LogP contribution < -0.4 is 0 Å². The summed E-state index contributed by atoms with van der Waals surface area (Å²) in [6.07, 6.45) is 9.25. The van der Waals surface area contributed by atoms with Crippen molar-refractivity contribution < 1.29 is 9.90 Å². The van der Waals surface area contributed by atoms with Crippen molar-refractivity contribution >= 4 is 5.91 Å². The Labute approximate surface area is 146 Å². The summed E-state index contributed by atoms with van der Waals surface area (Å²) in [5.74, 6) is -0.0533. The highest BCUT2D eigenvalue weighted by Gasteiger charge is 2.16. The van der Waals surface area contributed by atoms with Crippen LogP contribution in [0.25, 0.3) is 5.69 Å². The monoisotopic (exact) mass is 336 g/mol. The smallest absolute Gasteiger partial charge is 0.254 e. The van der Waals surface area contributed by atoms with E-state index in [0.717, 1.165) is 11.3 Å². The summed E-state index contributed by atoms with van der Waals surface area (Å²) in [6, 6.07) is 11.2. The van der Waals surface area contributed by atoms with Gasteiger partial charge < -0.3 is 14.6 Å². The van der Waals surface area contributed by atoms with E-state index >= 15 is 0 Å². The summed E-state index contributed by atoms with van der Waals surface area (Å²) in [7, 11) is 0. The van der Waals surface area contributed by atoms with E-state index in [0.29, 0.717) is 25.1 Å². The molecular weight excluding hydrogens is 316 g/mol. The van der Waals surface area contributed by atoms with Gasteiger partial charge in [-0.2, -0.15) is 0 Å². The van der Waals surface area contributed by atoms with Gasteiger partial charge in [-0.15, -0.1) is 0 Å². The van der Waals surface area contributed by atoms with Crippen LogP contribution in [0.5, 0.6) is 0 Å². The van der Waals surface area contributed by atoms with Crippen molar-refractivity contribution in [1.29, 1.82) is 0 Å². The van der Waals surface area contributed by atoms with Crippen LogP contribution in [0, 0.1) is 0 Å².